The molecule has 1 aliphatic carbocycles. The molecule has 4 rings (SSSR count). The van der Waals surface area contributed by atoms with E-state index >= 15 is 0 Å². The normalized spacial score (nSPS) is 15.1. The second kappa shape index (κ2) is 7.45. The molecule has 0 spiro atoms. The fraction of sp³-hybridized carbons (Fsp3) is 0.421. The molecule has 1 aromatic carbocycles. The number of aryl methyl sites for hydroxylation is 1. The van der Waals surface area contributed by atoms with Crippen molar-refractivity contribution in [2.24, 2.45) is 5.92 Å². The zero-order valence-corrected chi connectivity index (χ0v) is 15.6. The van der Waals surface area contributed by atoms with Gasteiger partial charge in [0.15, 0.2) is 0 Å². The fourth-order valence-corrected chi connectivity index (χ4v) is 4.15. The molecule has 26 heavy (non-hydrogen) atoms. The number of thiazole rings is 1. The topological polar surface area (TPSA) is 71.8 Å². The molecular weight excluding hydrogens is 346 g/mol. The molecule has 7 heteroatoms. The van der Waals surface area contributed by atoms with E-state index in [1.807, 2.05) is 28.9 Å². The lowest BCUT2D eigenvalue weighted by Crippen LogP contribution is -2.31. The molecule has 0 aliphatic heterocycles. The summed E-state index contributed by atoms with van der Waals surface area (Å²) in [7, 11) is 0. The lowest BCUT2D eigenvalue weighted by molar-refractivity contribution is 0.251. The smallest absolute Gasteiger partial charge is 0.320 e. The number of fused-ring (bicyclic) bond motifs is 1. The van der Waals surface area contributed by atoms with Crippen molar-refractivity contribution in [3.8, 4) is 0 Å². The highest BCUT2D eigenvalue weighted by Gasteiger charge is 2.30. The highest BCUT2D eigenvalue weighted by atomic mass is 32.1. The second-order valence-corrected chi connectivity index (χ2v) is 7.91. The molecule has 0 saturated heterocycles. The average Bonchev–Trinajstić information content (AvgIpc) is 3.25. The minimum atomic E-state index is -0.181. The zero-order valence-electron chi connectivity index (χ0n) is 14.8. The van der Waals surface area contributed by atoms with E-state index < -0.39 is 0 Å². The van der Waals surface area contributed by atoms with Crippen LogP contribution in [0.4, 0.5) is 10.6 Å². The van der Waals surface area contributed by atoms with E-state index in [4.69, 9.17) is 0 Å². The molecular formula is C19H23N5OS. The summed E-state index contributed by atoms with van der Waals surface area (Å²) in [5, 5.41) is 11.3. The van der Waals surface area contributed by atoms with Gasteiger partial charge < -0.3 is 5.32 Å². The minimum Gasteiger partial charge on any atom is -0.338 e. The Hall–Kier alpha value is -2.41. The number of nitrogens with one attached hydrogen (secondary N) is 2. The SMILES string of the molecule is C[C@H](C1CC1)n1nccc1NC(=O)NCCCc1nc2ccccc2s1. The van der Waals surface area contributed by atoms with Crippen LogP contribution in [0.5, 0.6) is 0 Å². The number of hydrogen-bond donors (Lipinski definition) is 2. The van der Waals surface area contributed by atoms with Gasteiger partial charge in [0, 0.05) is 19.0 Å². The number of para-hydroxylation sites is 1. The molecule has 2 aromatic heterocycles. The summed E-state index contributed by atoms with van der Waals surface area (Å²) < 4.78 is 3.13. The van der Waals surface area contributed by atoms with Crippen LogP contribution < -0.4 is 10.6 Å². The van der Waals surface area contributed by atoms with Crippen LogP contribution in [0.15, 0.2) is 36.5 Å². The number of anilines is 1. The molecule has 3 aromatic rings. The highest BCUT2D eigenvalue weighted by Crippen LogP contribution is 2.40. The Balaban J connectivity index is 1.24. The molecule has 1 fully saturated rings. The number of benzene rings is 1. The summed E-state index contributed by atoms with van der Waals surface area (Å²) in [6.45, 7) is 2.78. The van der Waals surface area contributed by atoms with E-state index in [-0.39, 0.29) is 6.03 Å². The minimum absolute atomic E-state index is 0.181. The Bertz CT molecular complexity index is 865. The molecule has 1 aliphatic rings. The van der Waals surface area contributed by atoms with Crippen LogP contribution in [-0.4, -0.2) is 27.3 Å². The Morgan fingerprint density at radius 3 is 3.00 bits per heavy atom. The van der Waals surface area contributed by atoms with Crippen molar-refractivity contribution in [1.29, 1.82) is 0 Å². The summed E-state index contributed by atoms with van der Waals surface area (Å²) in [4.78, 5) is 16.8. The molecule has 1 saturated carbocycles. The van der Waals surface area contributed by atoms with Crippen LogP contribution in [0.3, 0.4) is 0 Å². The summed E-state index contributed by atoms with van der Waals surface area (Å²) in [5.41, 5.74) is 1.05. The lowest BCUT2D eigenvalue weighted by atomic mass is 10.2. The number of amides is 2. The molecule has 2 N–H and O–H groups in total. The van der Waals surface area contributed by atoms with Crippen molar-refractivity contribution in [2.75, 3.05) is 11.9 Å². The molecule has 6 nitrogen and oxygen atoms in total. The van der Waals surface area contributed by atoms with Crippen molar-refractivity contribution in [2.45, 2.75) is 38.6 Å². The number of carbonyl (C=O) groups is 1. The zero-order chi connectivity index (χ0) is 17.9. The third-order valence-corrected chi connectivity index (χ3v) is 5.89. The van der Waals surface area contributed by atoms with Gasteiger partial charge in [-0.25, -0.2) is 14.5 Å². The predicted octanol–water partition coefficient (Wildman–Crippen LogP) is 4.22. The predicted molar refractivity (Wildman–Crippen MR) is 105 cm³/mol. The lowest BCUT2D eigenvalue weighted by Gasteiger charge is -2.15. The first-order chi connectivity index (χ1) is 12.7. The fourth-order valence-electron chi connectivity index (χ4n) is 3.15. The van der Waals surface area contributed by atoms with Gasteiger partial charge in [-0.15, -0.1) is 11.3 Å². The van der Waals surface area contributed by atoms with E-state index in [2.05, 4.69) is 33.7 Å². The Morgan fingerprint density at radius 2 is 2.19 bits per heavy atom. The first-order valence-corrected chi connectivity index (χ1v) is 9.95. The van der Waals surface area contributed by atoms with Gasteiger partial charge in [-0.3, -0.25) is 5.32 Å². The molecule has 2 amide bonds. The largest absolute Gasteiger partial charge is 0.338 e. The summed E-state index contributed by atoms with van der Waals surface area (Å²) in [6.07, 6.45) is 5.97. The number of rotatable bonds is 7. The van der Waals surface area contributed by atoms with Crippen LogP contribution in [0.25, 0.3) is 10.2 Å². The van der Waals surface area contributed by atoms with Gasteiger partial charge in [-0.1, -0.05) is 12.1 Å². The summed E-state index contributed by atoms with van der Waals surface area (Å²) in [6, 6.07) is 10.2. The number of aromatic nitrogens is 3. The maximum absolute atomic E-state index is 12.1. The number of urea groups is 1. The first kappa shape index (κ1) is 17.0. The van der Waals surface area contributed by atoms with Crippen LogP contribution >= 0.6 is 11.3 Å². The van der Waals surface area contributed by atoms with E-state index in [1.165, 1.54) is 17.5 Å². The van der Waals surface area contributed by atoms with Crippen LogP contribution in [0, 0.1) is 5.92 Å². The third-order valence-electron chi connectivity index (χ3n) is 4.79. The van der Waals surface area contributed by atoms with Crippen molar-refractivity contribution < 1.29 is 4.79 Å². The molecule has 2 heterocycles. The van der Waals surface area contributed by atoms with E-state index in [1.54, 1.807) is 17.5 Å². The monoisotopic (exact) mass is 369 g/mol. The Labute approximate surface area is 156 Å². The van der Waals surface area contributed by atoms with Gasteiger partial charge >= 0.3 is 6.03 Å². The third kappa shape index (κ3) is 3.88. The van der Waals surface area contributed by atoms with Crippen LogP contribution in [0.2, 0.25) is 0 Å². The summed E-state index contributed by atoms with van der Waals surface area (Å²) in [5.74, 6) is 1.44. The Morgan fingerprint density at radius 1 is 1.35 bits per heavy atom. The number of hydrogen-bond acceptors (Lipinski definition) is 4. The molecule has 0 radical (unpaired) electrons. The van der Waals surface area contributed by atoms with Gasteiger partial charge in [0.25, 0.3) is 0 Å². The Kier molecular flexibility index (Phi) is 4.88. The van der Waals surface area contributed by atoms with Crippen molar-refractivity contribution >= 4 is 33.4 Å². The summed E-state index contributed by atoms with van der Waals surface area (Å²) >= 11 is 1.72. The van der Waals surface area contributed by atoms with Gasteiger partial charge in [0.2, 0.25) is 0 Å². The van der Waals surface area contributed by atoms with E-state index in [0.717, 1.165) is 29.2 Å². The highest BCUT2D eigenvalue weighted by molar-refractivity contribution is 7.18. The molecule has 1 atom stereocenters. The van der Waals surface area contributed by atoms with Gasteiger partial charge in [-0.05, 0) is 44.2 Å². The second-order valence-electron chi connectivity index (χ2n) is 6.80. The maximum Gasteiger partial charge on any atom is 0.320 e. The maximum atomic E-state index is 12.1. The standard InChI is InChI=1S/C19H23N5OS/c1-13(14-8-9-14)24-17(10-12-21-24)23-19(25)20-11-4-7-18-22-15-5-2-3-6-16(15)26-18/h2-3,5-6,10,12-14H,4,7-9,11H2,1H3,(H2,20,23,25)/t13-/m1/s1. The number of carbonyl (C=O) groups excluding carboxylic acids is 1. The van der Waals surface area contributed by atoms with Gasteiger partial charge in [0.1, 0.15) is 5.82 Å². The molecule has 136 valence electrons. The van der Waals surface area contributed by atoms with E-state index in [0.29, 0.717) is 18.5 Å². The van der Waals surface area contributed by atoms with Crippen molar-refractivity contribution in [3.05, 3.63) is 41.5 Å². The van der Waals surface area contributed by atoms with Crippen LogP contribution in [-0.2, 0) is 6.42 Å². The van der Waals surface area contributed by atoms with Gasteiger partial charge in [0.05, 0.1) is 27.5 Å². The number of nitrogens with zero attached hydrogens (tertiary/aromatic N) is 3. The molecule has 0 unspecified atom stereocenters. The van der Waals surface area contributed by atoms with Gasteiger partial charge in [-0.2, -0.15) is 5.10 Å². The molecule has 0 bridgehead atoms. The van der Waals surface area contributed by atoms with Crippen molar-refractivity contribution in [3.63, 3.8) is 0 Å². The van der Waals surface area contributed by atoms with Crippen LogP contribution in [0.1, 0.15) is 37.2 Å². The average molecular weight is 369 g/mol. The quantitative estimate of drug-likeness (QED) is 0.613. The first-order valence-electron chi connectivity index (χ1n) is 9.13. The van der Waals surface area contributed by atoms with Crippen molar-refractivity contribution in [1.82, 2.24) is 20.1 Å². The van der Waals surface area contributed by atoms with E-state index in [9.17, 15) is 4.79 Å².